The second-order valence-corrected chi connectivity index (χ2v) is 5.20. The number of hydrogen-bond acceptors (Lipinski definition) is 3. The average Bonchev–Trinajstić information content (AvgIpc) is 3.14. The number of nitrogens with one attached hydrogen (secondary N) is 1. The van der Waals surface area contributed by atoms with Gasteiger partial charge < -0.3 is 10.1 Å². The molecule has 1 saturated heterocycles. The zero-order valence-electron chi connectivity index (χ0n) is 11.8. The van der Waals surface area contributed by atoms with E-state index in [4.69, 9.17) is 4.74 Å². The Morgan fingerprint density at radius 3 is 3.00 bits per heavy atom. The van der Waals surface area contributed by atoms with E-state index in [9.17, 15) is 0 Å². The van der Waals surface area contributed by atoms with E-state index in [2.05, 4.69) is 35.7 Å². The minimum absolute atomic E-state index is 0.173. The van der Waals surface area contributed by atoms with Crippen molar-refractivity contribution in [2.75, 3.05) is 19.7 Å². The molecular weight excluding hydrogens is 250 g/mol. The highest BCUT2D eigenvalue weighted by Gasteiger charge is 2.30. The molecule has 0 saturated carbocycles. The van der Waals surface area contributed by atoms with Crippen LogP contribution in [0.15, 0.2) is 42.7 Å². The van der Waals surface area contributed by atoms with Crippen molar-refractivity contribution in [2.24, 2.45) is 5.92 Å². The van der Waals surface area contributed by atoms with Gasteiger partial charge in [-0.15, -0.1) is 0 Å². The summed E-state index contributed by atoms with van der Waals surface area (Å²) in [5.41, 5.74) is 2.26. The summed E-state index contributed by atoms with van der Waals surface area (Å²) < 4.78 is 7.82. The summed E-state index contributed by atoms with van der Waals surface area (Å²) in [5, 5.41) is 7.88. The van der Waals surface area contributed by atoms with Gasteiger partial charge in [0.1, 0.15) is 0 Å². The molecule has 2 heterocycles. The predicted molar refractivity (Wildman–Crippen MR) is 78.9 cm³/mol. The second-order valence-electron chi connectivity index (χ2n) is 5.20. The first-order valence-electron chi connectivity index (χ1n) is 7.31. The predicted octanol–water partition coefficient (Wildman–Crippen LogP) is 2.56. The van der Waals surface area contributed by atoms with Gasteiger partial charge in [-0.1, -0.05) is 25.1 Å². The lowest BCUT2D eigenvalue weighted by Crippen LogP contribution is -2.24. The third-order valence-corrected chi connectivity index (χ3v) is 3.82. The Morgan fingerprint density at radius 1 is 1.35 bits per heavy atom. The number of nitrogens with zero attached hydrogens (tertiary/aromatic N) is 2. The van der Waals surface area contributed by atoms with Gasteiger partial charge in [0.15, 0.2) is 0 Å². The van der Waals surface area contributed by atoms with Crippen LogP contribution in [0.1, 0.15) is 25.0 Å². The van der Waals surface area contributed by atoms with Gasteiger partial charge in [-0.2, -0.15) is 5.10 Å². The molecule has 0 aliphatic carbocycles. The van der Waals surface area contributed by atoms with E-state index in [1.54, 1.807) is 0 Å². The van der Waals surface area contributed by atoms with Crippen LogP contribution in [0, 0.1) is 5.92 Å². The lowest BCUT2D eigenvalue weighted by molar-refractivity contribution is 0.0906. The van der Waals surface area contributed by atoms with Crippen molar-refractivity contribution >= 4 is 0 Å². The summed E-state index contributed by atoms with van der Waals surface area (Å²) >= 11 is 0. The van der Waals surface area contributed by atoms with Crippen LogP contribution in [0.5, 0.6) is 0 Å². The molecule has 4 nitrogen and oxygen atoms in total. The Balaban J connectivity index is 1.76. The highest BCUT2D eigenvalue weighted by molar-refractivity contribution is 5.31. The number of para-hydroxylation sites is 1. The number of benzene rings is 1. The van der Waals surface area contributed by atoms with E-state index in [1.807, 2.05) is 29.1 Å². The summed E-state index contributed by atoms with van der Waals surface area (Å²) in [6.07, 6.45) is 5.31. The Hall–Kier alpha value is -1.65. The highest BCUT2D eigenvalue weighted by Crippen LogP contribution is 2.34. The number of rotatable bonds is 5. The molecule has 1 aromatic carbocycles. The molecule has 0 radical (unpaired) electrons. The van der Waals surface area contributed by atoms with Gasteiger partial charge in [0.25, 0.3) is 0 Å². The Labute approximate surface area is 119 Å². The molecule has 1 aromatic heterocycles. The fourth-order valence-electron chi connectivity index (χ4n) is 2.75. The van der Waals surface area contributed by atoms with Crippen molar-refractivity contribution in [3.05, 3.63) is 48.3 Å². The molecule has 1 fully saturated rings. The normalized spacial score (nSPS) is 22.2. The lowest BCUT2D eigenvalue weighted by atomic mass is 9.97. The molecule has 0 amide bonds. The van der Waals surface area contributed by atoms with Gasteiger partial charge in [0.2, 0.25) is 0 Å². The van der Waals surface area contributed by atoms with Crippen LogP contribution in [0.2, 0.25) is 0 Å². The molecule has 20 heavy (non-hydrogen) atoms. The third-order valence-electron chi connectivity index (χ3n) is 3.82. The maximum atomic E-state index is 5.90. The number of hydrogen-bond donors (Lipinski definition) is 1. The van der Waals surface area contributed by atoms with Gasteiger partial charge in [-0.3, -0.25) is 0 Å². The summed E-state index contributed by atoms with van der Waals surface area (Å²) in [5.74, 6) is 0.545. The standard InChI is InChI=1S/C16H21N3O/c1-2-17-10-13-8-9-20-16(13)14-11-18-19(12-14)15-6-4-3-5-7-15/h3-7,11-13,16-17H,2,8-10H2,1H3. The first-order valence-corrected chi connectivity index (χ1v) is 7.31. The molecular formula is C16H21N3O. The number of aromatic nitrogens is 2. The second kappa shape index (κ2) is 6.20. The summed E-state index contributed by atoms with van der Waals surface area (Å²) in [7, 11) is 0. The smallest absolute Gasteiger partial charge is 0.0896 e. The van der Waals surface area contributed by atoms with Crippen LogP contribution in [0.25, 0.3) is 5.69 Å². The van der Waals surface area contributed by atoms with Gasteiger partial charge in [-0.05, 0) is 25.1 Å². The van der Waals surface area contributed by atoms with E-state index in [1.165, 1.54) is 5.56 Å². The van der Waals surface area contributed by atoms with Gasteiger partial charge in [0.05, 0.1) is 18.0 Å². The topological polar surface area (TPSA) is 39.1 Å². The monoisotopic (exact) mass is 271 g/mol. The average molecular weight is 271 g/mol. The lowest BCUT2D eigenvalue weighted by Gasteiger charge is -2.17. The van der Waals surface area contributed by atoms with Crippen LogP contribution >= 0.6 is 0 Å². The zero-order valence-corrected chi connectivity index (χ0v) is 11.8. The third kappa shape index (κ3) is 2.76. The highest BCUT2D eigenvalue weighted by atomic mass is 16.5. The van der Waals surface area contributed by atoms with Crippen molar-refractivity contribution in [1.82, 2.24) is 15.1 Å². The van der Waals surface area contributed by atoms with Crippen molar-refractivity contribution in [1.29, 1.82) is 0 Å². The molecule has 1 N–H and O–H groups in total. The molecule has 3 rings (SSSR count). The van der Waals surface area contributed by atoms with Crippen LogP contribution in [0.4, 0.5) is 0 Å². The quantitative estimate of drug-likeness (QED) is 0.908. The Kier molecular flexibility index (Phi) is 4.14. The van der Waals surface area contributed by atoms with Crippen LogP contribution in [-0.2, 0) is 4.74 Å². The molecule has 0 spiro atoms. The van der Waals surface area contributed by atoms with Crippen LogP contribution in [-0.4, -0.2) is 29.5 Å². The van der Waals surface area contributed by atoms with Crippen LogP contribution < -0.4 is 5.32 Å². The molecule has 0 bridgehead atoms. The molecule has 1 aliphatic rings. The minimum Gasteiger partial charge on any atom is -0.373 e. The molecule has 2 aromatic rings. The van der Waals surface area contributed by atoms with Gasteiger partial charge >= 0.3 is 0 Å². The molecule has 2 atom stereocenters. The maximum absolute atomic E-state index is 5.90. The minimum atomic E-state index is 0.173. The molecule has 1 aliphatic heterocycles. The Bertz CT molecular complexity index is 538. The summed E-state index contributed by atoms with van der Waals surface area (Å²) in [6.45, 7) is 5.00. The van der Waals surface area contributed by atoms with Crippen molar-refractivity contribution in [2.45, 2.75) is 19.4 Å². The fraction of sp³-hybridized carbons (Fsp3) is 0.438. The molecule has 2 unspecified atom stereocenters. The van der Waals surface area contributed by atoms with Crippen molar-refractivity contribution in [3.8, 4) is 5.69 Å². The fourth-order valence-corrected chi connectivity index (χ4v) is 2.75. The summed E-state index contributed by atoms with van der Waals surface area (Å²) in [6, 6.07) is 10.2. The Morgan fingerprint density at radius 2 is 2.20 bits per heavy atom. The first-order chi connectivity index (χ1) is 9.88. The van der Waals surface area contributed by atoms with E-state index < -0.39 is 0 Å². The van der Waals surface area contributed by atoms with Gasteiger partial charge in [0, 0.05) is 30.8 Å². The SMILES string of the molecule is CCNCC1CCOC1c1cnn(-c2ccccc2)c1. The van der Waals surface area contributed by atoms with E-state index in [0.717, 1.165) is 31.8 Å². The van der Waals surface area contributed by atoms with Crippen LogP contribution in [0.3, 0.4) is 0 Å². The summed E-state index contributed by atoms with van der Waals surface area (Å²) in [4.78, 5) is 0. The van der Waals surface area contributed by atoms with Gasteiger partial charge in [-0.25, -0.2) is 4.68 Å². The van der Waals surface area contributed by atoms with Crippen molar-refractivity contribution in [3.63, 3.8) is 0 Å². The largest absolute Gasteiger partial charge is 0.373 e. The van der Waals surface area contributed by atoms with Crippen molar-refractivity contribution < 1.29 is 4.74 Å². The first kappa shape index (κ1) is 13.3. The molecule has 4 heteroatoms. The van der Waals surface area contributed by atoms with E-state index in [0.29, 0.717) is 5.92 Å². The maximum Gasteiger partial charge on any atom is 0.0896 e. The zero-order chi connectivity index (χ0) is 13.8. The molecule has 106 valence electrons. The van der Waals surface area contributed by atoms with E-state index in [-0.39, 0.29) is 6.10 Å². The number of ether oxygens (including phenoxy) is 1. The van der Waals surface area contributed by atoms with E-state index >= 15 is 0 Å².